The third-order valence-corrected chi connectivity index (χ3v) is 2.13. The second-order valence-corrected chi connectivity index (χ2v) is 3.03. The Kier molecular flexibility index (Phi) is 1.53. The number of hydrazine groups is 1. The van der Waals surface area contributed by atoms with E-state index in [0.717, 1.165) is 0 Å². The highest BCUT2D eigenvalue weighted by atomic mass is 16.2. The van der Waals surface area contributed by atoms with Crippen LogP contribution in [0, 0.1) is 5.92 Å². The summed E-state index contributed by atoms with van der Waals surface area (Å²) in [6.07, 6.45) is 0. The summed E-state index contributed by atoms with van der Waals surface area (Å²) in [5, 5.41) is 1.29. The van der Waals surface area contributed by atoms with Crippen LogP contribution in [0.25, 0.3) is 0 Å². The van der Waals surface area contributed by atoms with Gasteiger partial charge in [-0.25, -0.2) is 5.01 Å². The SMILES string of the molecule is O=C1CN2CC(C1=O)C(=O)C(=O)N2. The first-order chi connectivity index (χ1) is 6.09. The predicted molar refractivity (Wildman–Crippen MR) is 38.2 cm³/mol. The van der Waals surface area contributed by atoms with E-state index in [1.165, 1.54) is 5.01 Å². The summed E-state index contributed by atoms with van der Waals surface area (Å²) >= 11 is 0. The van der Waals surface area contributed by atoms with Gasteiger partial charge in [-0.3, -0.25) is 24.6 Å². The van der Waals surface area contributed by atoms with Crippen molar-refractivity contribution >= 4 is 23.3 Å². The summed E-state index contributed by atoms with van der Waals surface area (Å²) < 4.78 is 0. The van der Waals surface area contributed by atoms with Crippen LogP contribution < -0.4 is 5.43 Å². The standard InChI is InChI=1S/C7H6N2O4/c10-4-2-9-1-3(5(4)11)6(12)7(13)8-9/h3H,1-2H2,(H,8,13). The third-order valence-electron chi connectivity index (χ3n) is 2.13. The summed E-state index contributed by atoms with van der Waals surface area (Å²) in [5.41, 5.74) is 2.22. The second-order valence-electron chi connectivity index (χ2n) is 3.03. The van der Waals surface area contributed by atoms with Crippen molar-refractivity contribution in [1.29, 1.82) is 0 Å². The van der Waals surface area contributed by atoms with Crippen molar-refractivity contribution in [3.8, 4) is 0 Å². The van der Waals surface area contributed by atoms with Crippen molar-refractivity contribution in [1.82, 2.24) is 10.4 Å². The Morgan fingerprint density at radius 2 is 1.85 bits per heavy atom. The molecule has 2 aliphatic heterocycles. The fraction of sp³-hybridized carbons (Fsp3) is 0.429. The van der Waals surface area contributed by atoms with E-state index in [4.69, 9.17) is 0 Å². The molecule has 0 aromatic rings. The molecular formula is C7H6N2O4. The monoisotopic (exact) mass is 182 g/mol. The van der Waals surface area contributed by atoms with E-state index in [1.807, 2.05) is 0 Å². The normalized spacial score (nSPS) is 33.2. The zero-order chi connectivity index (χ0) is 9.59. The van der Waals surface area contributed by atoms with Crippen molar-refractivity contribution < 1.29 is 19.2 Å². The first kappa shape index (κ1) is 8.06. The van der Waals surface area contributed by atoms with Gasteiger partial charge in [0.15, 0.2) is 0 Å². The Morgan fingerprint density at radius 1 is 1.15 bits per heavy atom. The fourth-order valence-corrected chi connectivity index (χ4v) is 1.46. The molecule has 2 rings (SSSR count). The van der Waals surface area contributed by atoms with E-state index in [-0.39, 0.29) is 13.1 Å². The van der Waals surface area contributed by atoms with Gasteiger partial charge in [0.2, 0.25) is 17.3 Å². The van der Waals surface area contributed by atoms with Crippen LogP contribution in [0.5, 0.6) is 0 Å². The quantitative estimate of drug-likeness (QED) is 0.335. The summed E-state index contributed by atoms with van der Waals surface area (Å²) in [5.74, 6) is -4.05. The third kappa shape index (κ3) is 1.06. The lowest BCUT2D eigenvalue weighted by Gasteiger charge is -2.33. The molecule has 1 amide bonds. The molecule has 0 aromatic carbocycles. The predicted octanol–water partition coefficient (Wildman–Crippen LogP) is -2.33. The maximum absolute atomic E-state index is 11.1. The van der Waals surface area contributed by atoms with E-state index in [0.29, 0.717) is 0 Å². The van der Waals surface area contributed by atoms with Gasteiger partial charge in [-0.2, -0.15) is 0 Å². The minimum Gasteiger partial charge on any atom is -0.290 e. The molecule has 2 fully saturated rings. The van der Waals surface area contributed by atoms with Crippen LogP contribution in [0.2, 0.25) is 0 Å². The van der Waals surface area contributed by atoms with Gasteiger partial charge in [-0.15, -0.1) is 0 Å². The zero-order valence-electron chi connectivity index (χ0n) is 6.57. The number of nitrogens with zero attached hydrogens (tertiary/aromatic N) is 1. The van der Waals surface area contributed by atoms with Crippen LogP contribution in [-0.4, -0.2) is 41.4 Å². The van der Waals surface area contributed by atoms with Gasteiger partial charge < -0.3 is 0 Å². The summed E-state index contributed by atoms with van der Waals surface area (Å²) in [4.78, 5) is 44.1. The highest BCUT2D eigenvalue weighted by Crippen LogP contribution is 2.14. The summed E-state index contributed by atoms with van der Waals surface area (Å²) in [7, 11) is 0. The molecule has 2 aliphatic rings. The lowest BCUT2D eigenvalue weighted by Crippen LogP contribution is -2.64. The minimum absolute atomic E-state index is 0.120. The van der Waals surface area contributed by atoms with Crippen molar-refractivity contribution in [2.75, 3.05) is 13.1 Å². The van der Waals surface area contributed by atoms with E-state index in [9.17, 15) is 19.2 Å². The minimum atomic E-state index is -1.07. The fourth-order valence-electron chi connectivity index (χ4n) is 1.46. The van der Waals surface area contributed by atoms with E-state index < -0.39 is 29.2 Å². The smallest absolute Gasteiger partial charge is 0.290 e. The topological polar surface area (TPSA) is 83.6 Å². The van der Waals surface area contributed by atoms with Gasteiger partial charge in [0.25, 0.3) is 0 Å². The van der Waals surface area contributed by atoms with Crippen LogP contribution in [0.15, 0.2) is 0 Å². The highest BCUT2D eigenvalue weighted by molar-refractivity contribution is 6.51. The molecular weight excluding hydrogens is 176 g/mol. The number of Topliss-reactive ketones (excluding diaryl/α,β-unsaturated/α-hetero) is 3. The molecule has 0 radical (unpaired) electrons. The zero-order valence-corrected chi connectivity index (χ0v) is 6.57. The average molecular weight is 182 g/mol. The van der Waals surface area contributed by atoms with Crippen LogP contribution in [0.1, 0.15) is 0 Å². The number of fused-ring (bicyclic) bond motifs is 2. The molecule has 13 heavy (non-hydrogen) atoms. The Hall–Kier alpha value is -1.56. The number of carbonyl (C=O) groups excluding carboxylic acids is 4. The summed E-state index contributed by atoms with van der Waals surface area (Å²) in [6.45, 7) is -0.0104. The number of piperidine rings is 1. The number of rotatable bonds is 0. The Bertz CT molecular complexity index is 305. The lowest BCUT2D eigenvalue weighted by molar-refractivity contribution is -0.158. The van der Waals surface area contributed by atoms with E-state index >= 15 is 0 Å². The summed E-state index contributed by atoms with van der Waals surface area (Å²) in [6, 6.07) is 0. The Balaban J connectivity index is 2.34. The van der Waals surface area contributed by atoms with Crippen molar-refractivity contribution in [3.05, 3.63) is 0 Å². The lowest BCUT2D eigenvalue weighted by atomic mass is 9.90. The molecule has 68 valence electrons. The number of hydrogen-bond acceptors (Lipinski definition) is 5. The van der Waals surface area contributed by atoms with Crippen molar-refractivity contribution in [2.24, 2.45) is 5.92 Å². The number of amides is 1. The van der Waals surface area contributed by atoms with Crippen LogP contribution in [0.3, 0.4) is 0 Å². The first-order valence-electron chi connectivity index (χ1n) is 3.76. The van der Waals surface area contributed by atoms with E-state index in [2.05, 4.69) is 5.43 Å². The molecule has 2 saturated heterocycles. The number of carbonyl (C=O) groups is 4. The van der Waals surface area contributed by atoms with Crippen LogP contribution >= 0.6 is 0 Å². The first-order valence-corrected chi connectivity index (χ1v) is 3.76. The molecule has 1 N–H and O–H groups in total. The maximum atomic E-state index is 11.1. The molecule has 0 aliphatic carbocycles. The number of hydrogen-bond donors (Lipinski definition) is 1. The van der Waals surface area contributed by atoms with Gasteiger partial charge in [-0.05, 0) is 0 Å². The molecule has 0 saturated carbocycles. The highest BCUT2D eigenvalue weighted by Gasteiger charge is 2.45. The molecule has 0 spiro atoms. The Morgan fingerprint density at radius 3 is 2.54 bits per heavy atom. The number of nitrogens with one attached hydrogen (secondary N) is 1. The number of ketones is 3. The average Bonchev–Trinajstić information content (AvgIpc) is 2.08. The van der Waals surface area contributed by atoms with Crippen molar-refractivity contribution in [2.45, 2.75) is 0 Å². The van der Waals surface area contributed by atoms with Gasteiger partial charge in [0, 0.05) is 6.54 Å². The Labute approximate surface area is 72.8 Å². The van der Waals surface area contributed by atoms with Gasteiger partial charge in [0.05, 0.1) is 6.54 Å². The van der Waals surface area contributed by atoms with E-state index in [1.54, 1.807) is 0 Å². The molecule has 0 aromatic heterocycles. The van der Waals surface area contributed by atoms with Crippen LogP contribution in [-0.2, 0) is 19.2 Å². The van der Waals surface area contributed by atoms with Gasteiger partial charge in [-0.1, -0.05) is 0 Å². The molecule has 6 heteroatoms. The van der Waals surface area contributed by atoms with Crippen LogP contribution in [0.4, 0.5) is 0 Å². The van der Waals surface area contributed by atoms with Gasteiger partial charge >= 0.3 is 5.91 Å². The maximum Gasteiger partial charge on any atom is 0.302 e. The molecule has 6 nitrogen and oxygen atoms in total. The molecule has 2 atom stereocenters. The molecule has 2 bridgehead atoms. The molecule has 2 heterocycles. The molecule has 2 unspecified atom stereocenters. The van der Waals surface area contributed by atoms with Crippen molar-refractivity contribution in [3.63, 3.8) is 0 Å². The van der Waals surface area contributed by atoms with Gasteiger partial charge in [0.1, 0.15) is 5.92 Å². The second kappa shape index (κ2) is 2.46. The largest absolute Gasteiger partial charge is 0.302 e.